The molecule has 1 aliphatic heterocycles. The smallest absolute Gasteiger partial charge is 0.339 e. The SMILES string of the molecule is CCCc1noc([C@@H]2CCC(=O)N(Cc3cccc(C(F)(F)F)c3)C2)n1. The number of hydrogen-bond acceptors (Lipinski definition) is 4. The van der Waals surface area contributed by atoms with E-state index >= 15 is 0 Å². The number of nitrogens with zero attached hydrogens (tertiary/aromatic N) is 3. The molecule has 1 aromatic carbocycles. The van der Waals surface area contributed by atoms with Crippen LogP contribution in [0.5, 0.6) is 0 Å². The van der Waals surface area contributed by atoms with Crippen LogP contribution in [0.1, 0.15) is 54.9 Å². The van der Waals surface area contributed by atoms with Gasteiger partial charge in [-0.25, -0.2) is 0 Å². The number of hydrogen-bond donors (Lipinski definition) is 0. The summed E-state index contributed by atoms with van der Waals surface area (Å²) in [5.74, 6) is 0.974. The van der Waals surface area contributed by atoms with Gasteiger partial charge < -0.3 is 9.42 Å². The molecule has 0 saturated carbocycles. The van der Waals surface area contributed by atoms with Crippen molar-refractivity contribution in [1.82, 2.24) is 15.0 Å². The number of benzene rings is 1. The standard InChI is InChI=1S/C18H20F3N3O2/c1-2-4-15-22-17(26-23-15)13-7-8-16(25)24(11-13)10-12-5-3-6-14(9-12)18(19,20)21/h3,5-6,9,13H,2,4,7-8,10-11H2,1H3/t13-/m1/s1. The molecule has 2 aromatic rings. The van der Waals surface area contributed by atoms with Crippen molar-refractivity contribution in [3.63, 3.8) is 0 Å². The van der Waals surface area contributed by atoms with Gasteiger partial charge >= 0.3 is 6.18 Å². The molecule has 2 heterocycles. The number of alkyl halides is 3. The van der Waals surface area contributed by atoms with Crippen molar-refractivity contribution >= 4 is 5.91 Å². The first-order valence-electron chi connectivity index (χ1n) is 8.63. The Morgan fingerprint density at radius 1 is 1.35 bits per heavy atom. The molecule has 8 heteroatoms. The van der Waals surface area contributed by atoms with E-state index in [1.54, 1.807) is 11.0 Å². The first-order valence-corrected chi connectivity index (χ1v) is 8.63. The molecule has 1 fully saturated rings. The average Bonchev–Trinajstić information content (AvgIpc) is 3.05. The van der Waals surface area contributed by atoms with Crippen LogP contribution in [0, 0.1) is 0 Å². The highest BCUT2D eigenvalue weighted by molar-refractivity contribution is 5.77. The number of piperidine rings is 1. The van der Waals surface area contributed by atoms with E-state index < -0.39 is 11.7 Å². The van der Waals surface area contributed by atoms with E-state index in [2.05, 4.69) is 10.1 Å². The molecule has 1 atom stereocenters. The van der Waals surface area contributed by atoms with Crippen molar-refractivity contribution < 1.29 is 22.5 Å². The highest BCUT2D eigenvalue weighted by Crippen LogP contribution is 2.31. The summed E-state index contributed by atoms with van der Waals surface area (Å²) < 4.78 is 43.9. The molecular weight excluding hydrogens is 347 g/mol. The van der Waals surface area contributed by atoms with Gasteiger partial charge in [-0.2, -0.15) is 18.2 Å². The Labute approximate surface area is 149 Å². The highest BCUT2D eigenvalue weighted by Gasteiger charge is 2.32. The van der Waals surface area contributed by atoms with Gasteiger partial charge in [0, 0.05) is 25.9 Å². The van der Waals surface area contributed by atoms with Crippen LogP contribution >= 0.6 is 0 Å². The van der Waals surface area contributed by atoms with Gasteiger partial charge in [0.15, 0.2) is 5.82 Å². The molecule has 140 valence electrons. The first-order chi connectivity index (χ1) is 12.4. The molecule has 0 bridgehead atoms. The number of aromatic nitrogens is 2. The lowest BCUT2D eigenvalue weighted by Gasteiger charge is -2.31. The van der Waals surface area contributed by atoms with Gasteiger partial charge in [-0.15, -0.1) is 0 Å². The van der Waals surface area contributed by atoms with E-state index in [0.29, 0.717) is 36.7 Å². The van der Waals surface area contributed by atoms with Gasteiger partial charge in [-0.3, -0.25) is 4.79 Å². The van der Waals surface area contributed by atoms with Crippen LogP contribution in [-0.2, 0) is 23.9 Å². The number of carbonyl (C=O) groups is 1. The largest absolute Gasteiger partial charge is 0.416 e. The van der Waals surface area contributed by atoms with E-state index in [1.807, 2.05) is 6.92 Å². The minimum atomic E-state index is -4.40. The molecule has 3 rings (SSSR count). The molecule has 1 saturated heterocycles. The number of halogens is 3. The Kier molecular flexibility index (Phi) is 5.29. The summed E-state index contributed by atoms with van der Waals surface area (Å²) in [7, 11) is 0. The predicted octanol–water partition coefficient (Wildman–Crippen LogP) is 3.95. The Morgan fingerprint density at radius 3 is 2.88 bits per heavy atom. The van der Waals surface area contributed by atoms with Gasteiger partial charge in [0.25, 0.3) is 0 Å². The molecule has 0 unspecified atom stereocenters. The molecular formula is C18H20F3N3O2. The number of aryl methyl sites for hydroxylation is 1. The van der Waals surface area contributed by atoms with Crippen LogP contribution < -0.4 is 0 Å². The molecule has 26 heavy (non-hydrogen) atoms. The zero-order valence-corrected chi connectivity index (χ0v) is 14.4. The van der Waals surface area contributed by atoms with Gasteiger partial charge in [0.05, 0.1) is 11.5 Å². The van der Waals surface area contributed by atoms with Crippen LogP contribution in [0.4, 0.5) is 13.2 Å². The lowest BCUT2D eigenvalue weighted by Crippen LogP contribution is -2.38. The summed E-state index contributed by atoms with van der Waals surface area (Å²) in [6.07, 6.45) is -1.85. The van der Waals surface area contributed by atoms with Crippen molar-refractivity contribution in [2.24, 2.45) is 0 Å². The summed E-state index contributed by atoms with van der Waals surface area (Å²) in [6.45, 7) is 2.52. The van der Waals surface area contributed by atoms with Crippen molar-refractivity contribution in [3.05, 3.63) is 47.1 Å². The molecule has 0 spiro atoms. The maximum atomic E-state index is 12.9. The Morgan fingerprint density at radius 2 is 2.15 bits per heavy atom. The van der Waals surface area contributed by atoms with Gasteiger partial charge in [-0.05, 0) is 30.5 Å². The minimum Gasteiger partial charge on any atom is -0.339 e. The van der Waals surface area contributed by atoms with Gasteiger partial charge in [0.1, 0.15) is 0 Å². The average molecular weight is 367 g/mol. The third kappa shape index (κ3) is 4.23. The zero-order valence-electron chi connectivity index (χ0n) is 14.4. The normalized spacial score (nSPS) is 18.4. The van der Waals surface area contributed by atoms with Crippen molar-refractivity contribution in [2.75, 3.05) is 6.54 Å². The molecule has 1 amide bonds. The monoisotopic (exact) mass is 367 g/mol. The number of rotatable bonds is 5. The summed E-state index contributed by atoms with van der Waals surface area (Å²) >= 11 is 0. The number of amides is 1. The lowest BCUT2D eigenvalue weighted by atomic mass is 9.96. The fourth-order valence-corrected chi connectivity index (χ4v) is 3.09. The second-order valence-electron chi connectivity index (χ2n) is 6.51. The fourth-order valence-electron chi connectivity index (χ4n) is 3.09. The quantitative estimate of drug-likeness (QED) is 0.803. The van der Waals surface area contributed by atoms with E-state index in [1.165, 1.54) is 6.07 Å². The highest BCUT2D eigenvalue weighted by atomic mass is 19.4. The lowest BCUT2D eigenvalue weighted by molar-refractivity contribution is -0.137. The Balaban J connectivity index is 1.71. The maximum absolute atomic E-state index is 12.9. The third-order valence-corrected chi connectivity index (χ3v) is 4.43. The molecule has 5 nitrogen and oxygen atoms in total. The molecule has 1 aromatic heterocycles. The van der Waals surface area contributed by atoms with E-state index in [9.17, 15) is 18.0 Å². The molecule has 0 N–H and O–H groups in total. The molecule has 0 aliphatic carbocycles. The zero-order chi connectivity index (χ0) is 18.7. The summed E-state index contributed by atoms with van der Waals surface area (Å²) in [4.78, 5) is 18.1. The fraction of sp³-hybridized carbons (Fsp3) is 0.500. The minimum absolute atomic E-state index is 0.0769. The van der Waals surface area contributed by atoms with E-state index in [4.69, 9.17) is 4.52 Å². The summed E-state index contributed by atoms with van der Waals surface area (Å²) in [5, 5.41) is 3.93. The Hall–Kier alpha value is -2.38. The van der Waals surface area contributed by atoms with Crippen LogP contribution in [0.25, 0.3) is 0 Å². The third-order valence-electron chi connectivity index (χ3n) is 4.43. The molecule has 0 radical (unpaired) electrons. The first kappa shape index (κ1) is 18.4. The number of likely N-dealkylation sites (tertiary alicyclic amines) is 1. The van der Waals surface area contributed by atoms with Crippen molar-refractivity contribution in [3.8, 4) is 0 Å². The van der Waals surface area contributed by atoms with Crippen molar-refractivity contribution in [1.29, 1.82) is 0 Å². The van der Waals surface area contributed by atoms with Crippen LogP contribution in [0.2, 0.25) is 0 Å². The van der Waals surface area contributed by atoms with Crippen molar-refractivity contribution in [2.45, 2.75) is 51.2 Å². The van der Waals surface area contributed by atoms with Gasteiger partial charge in [0.2, 0.25) is 11.8 Å². The van der Waals surface area contributed by atoms with Crippen LogP contribution in [-0.4, -0.2) is 27.5 Å². The van der Waals surface area contributed by atoms with Crippen LogP contribution in [0.15, 0.2) is 28.8 Å². The van der Waals surface area contributed by atoms with E-state index in [-0.39, 0.29) is 18.4 Å². The topological polar surface area (TPSA) is 59.2 Å². The maximum Gasteiger partial charge on any atom is 0.416 e. The van der Waals surface area contributed by atoms with E-state index in [0.717, 1.165) is 25.0 Å². The van der Waals surface area contributed by atoms with Gasteiger partial charge in [-0.1, -0.05) is 24.2 Å². The second kappa shape index (κ2) is 7.47. The second-order valence-corrected chi connectivity index (χ2v) is 6.51. The predicted molar refractivity (Wildman–Crippen MR) is 87.1 cm³/mol. The van der Waals surface area contributed by atoms with Crippen LogP contribution in [0.3, 0.4) is 0 Å². The summed E-state index contributed by atoms with van der Waals surface area (Å²) in [5.41, 5.74) is -0.261. The molecule has 1 aliphatic rings. The summed E-state index contributed by atoms with van der Waals surface area (Å²) in [6, 6.07) is 5.07. The Bertz CT molecular complexity index is 773. The number of carbonyl (C=O) groups excluding carboxylic acids is 1.